The number of hydrogen-bond donors (Lipinski definition) is 1. The summed E-state index contributed by atoms with van der Waals surface area (Å²) < 4.78 is 13.9. The van der Waals surface area contributed by atoms with Crippen LogP contribution in [0.3, 0.4) is 0 Å². The van der Waals surface area contributed by atoms with Crippen LogP contribution in [0.1, 0.15) is 18.4 Å². The Labute approximate surface area is 124 Å². The number of halogens is 1. The second-order valence-corrected chi connectivity index (χ2v) is 6.26. The van der Waals surface area contributed by atoms with Gasteiger partial charge in [-0.1, -0.05) is 6.07 Å². The minimum Gasteiger partial charge on any atom is -0.312 e. The summed E-state index contributed by atoms with van der Waals surface area (Å²) in [7, 11) is 0. The van der Waals surface area contributed by atoms with Crippen LogP contribution in [0.2, 0.25) is 0 Å². The summed E-state index contributed by atoms with van der Waals surface area (Å²) >= 11 is 0. The van der Waals surface area contributed by atoms with Crippen LogP contribution in [0, 0.1) is 11.7 Å². The third kappa shape index (κ3) is 2.43. The molecule has 2 fully saturated rings. The Morgan fingerprint density at radius 2 is 2.24 bits per heavy atom. The van der Waals surface area contributed by atoms with Gasteiger partial charge in [-0.05, 0) is 49.1 Å². The van der Waals surface area contributed by atoms with Crippen molar-refractivity contribution in [2.75, 3.05) is 19.6 Å². The molecule has 2 unspecified atom stereocenters. The van der Waals surface area contributed by atoms with Crippen molar-refractivity contribution >= 4 is 10.9 Å². The first kappa shape index (κ1) is 13.2. The van der Waals surface area contributed by atoms with E-state index in [4.69, 9.17) is 0 Å². The molecule has 4 heteroatoms. The number of fused-ring (bicyclic) bond motifs is 2. The van der Waals surface area contributed by atoms with Gasteiger partial charge in [0.1, 0.15) is 5.82 Å². The van der Waals surface area contributed by atoms with Crippen LogP contribution < -0.4 is 5.32 Å². The topological polar surface area (TPSA) is 28.2 Å². The van der Waals surface area contributed by atoms with E-state index in [1.54, 1.807) is 18.3 Å². The molecule has 2 saturated heterocycles. The van der Waals surface area contributed by atoms with E-state index in [0.29, 0.717) is 11.4 Å². The molecule has 1 N–H and O–H groups in total. The standard InChI is InChI=1S/C17H20FN3/c18-15-6-5-13(17-14(15)4-2-8-20-17)10-21-9-12-3-1-7-19-16(12)11-21/h2,4-6,8,12,16,19H,1,3,7,9-11H2. The van der Waals surface area contributed by atoms with Gasteiger partial charge in [0, 0.05) is 37.3 Å². The smallest absolute Gasteiger partial charge is 0.132 e. The summed E-state index contributed by atoms with van der Waals surface area (Å²) in [5.41, 5.74) is 1.94. The van der Waals surface area contributed by atoms with Gasteiger partial charge in [0.05, 0.1) is 5.52 Å². The second kappa shape index (κ2) is 5.35. The van der Waals surface area contributed by atoms with Gasteiger partial charge < -0.3 is 5.32 Å². The molecule has 0 radical (unpaired) electrons. The zero-order valence-corrected chi connectivity index (χ0v) is 12.1. The second-order valence-electron chi connectivity index (χ2n) is 6.26. The number of piperidine rings is 1. The van der Waals surface area contributed by atoms with E-state index < -0.39 is 0 Å². The van der Waals surface area contributed by atoms with Crippen molar-refractivity contribution in [3.05, 3.63) is 41.8 Å². The van der Waals surface area contributed by atoms with Gasteiger partial charge in [0.2, 0.25) is 0 Å². The number of rotatable bonds is 2. The molecule has 2 aliphatic rings. The van der Waals surface area contributed by atoms with Crippen LogP contribution in [0.5, 0.6) is 0 Å². The molecule has 3 nitrogen and oxygen atoms in total. The van der Waals surface area contributed by atoms with Crippen LogP contribution in [-0.4, -0.2) is 35.6 Å². The van der Waals surface area contributed by atoms with Gasteiger partial charge >= 0.3 is 0 Å². The zero-order valence-electron chi connectivity index (χ0n) is 12.1. The Balaban J connectivity index is 1.59. The lowest BCUT2D eigenvalue weighted by Crippen LogP contribution is -2.40. The molecule has 1 aromatic heterocycles. The highest BCUT2D eigenvalue weighted by molar-refractivity contribution is 5.82. The van der Waals surface area contributed by atoms with E-state index in [2.05, 4.69) is 15.2 Å². The summed E-state index contributed by atoms with van der Waals surface area (Å²) in [5.74, 6) is 0.594. The molecule has 3 heterocycles. The van der Waals surface area contributed by atoms with E-state index in [9.17, 15) is 4.39 Å². The summed E-state index contributed by atoms with van der Waals surface area (Å²) in [6.07, 6.45) is 4.36. The lowest BCUT2D eigenvalue weighted by Gasteiger charge is -2.24. The maximum atomic E-state index is 13.9. The lowest BCUT2D eigenvalue weighted by molar-refractivity contribution is 0.313. The molecule has 2 atom stereocenters. The molecular formula is C17H20FN3. The Kier molecular flexibility index (Phi) is 3.36. The fourth-order valence-electron chi connectivity index (χ4n) is 3.83. The van der Waals surface area contributed by atoms with Crippen molar-refractivity contribution in [3.8, 4) is 0 Å². The molecule has 0 saturated carbocycles. The molecule has 21 heavy (non-hydrogen) atoms. The number of aromatic nitrogens is 1. The minimum absolute atomic E-state index is 0.182. The molecule has 0 spiro atoms. The first-order valence-corrected chi connectivity index (χ1v) is 7.79. The highest BCUT2D eigenvalue weighted by Gasteiger charge is 2.34. The van der Waals surface area contributed by atoms with E-state index in [0.717, 1.165) is 43.2 Å². The van der Waals surface area contributed by atoms with Crippen molar-refractivity contribution in [3.63, 3.8) is 0 Å². The normalized spacial score (nSPS) is 26.1. The quantitative estimate of drug-likeness (QED) is 0.919. The molecule has 110 valence electrons. The van der Waals surface area contributed by atoms with Gasteiger partial charge in [-0.3, -0.25) is 9.88 Å². The van der Waals surface area contributed by atoms with E-state index in [1.165, 1.54) is 12.8 Å². The predicted molar refractivity (Wildman–Crippen MR) is 81.5 cm³/mol. The molecular weight excluding hydrogens is 265 g/mol. The largest absolute Gasteiger partial charge is 0.312 e. The first-order chi connectivity index (χ1) is 10.3. The monoisotopic (exact) mass is 285 g/mol. The number of likely N-dealkylation sites (tertiary alicyclic amines) is 1. The molecule has 2 aromatic rings. The number of nitrogens with zero attached hydrogens (tertiary/aromatic N) is 2. The van der Waals surface area contributed by atoms with Crippen LogP contribution in [0.15, 0.2) is 30.5 Å². The van der Waals surface area contributed by atoms with Crippen molar-refractivity contribution < 1.29 is 4.39 Å². The third-order valence-electron chi connectivity index (χ3n) is 4.87. The van der Waals surface area contributed by atoms with Crippen LogP contribution in [0.4, 0.5) is 4.39 Å². The maximum absolute atomic E-state index is 13.9. The molecule has 0 bridgehead atoms. The van der Waals surface area contributed by atoms with E-state index in [1.807, 2.05) is 12.1 Å². The summed E-state index contributed by atoms with van der Waals surface area (Å²) in [5, 5.41) is 4.26. The third-order valence-corrected chi connectivity index (χ3v) is 4.87. The van der Waals surface area contributed by atoms with E-state index >= 15 is 0 Å². The Morgan fingerprint density at radius 1 is 1.29 bits per heavy atom. The Morgan fingerprint density at radius 3 is 3.14 bits per heavy atom. The lowest BCUT2D eigenvalue weighted by atomic mass is 9.94. The highest BCUT2D eigenvalue weighted by Crippen LogP contribution is 2.28. The van der Waals surface area contributed by atoms with Crippen molar-refractivity contribution in [1.29, 1.82) is 0 Å². The Hall–Kier alpha value is -1.52. The fourth-order valence-corrected chi connectivity index (χ4v) is 3.83. The minimum atomic E-state index is -0.182. The van der Waals surface area contributed by atoms with Gasteiger partial charge in [-0.15, -0.1) is 0 Å². The number of pyridine rings is 1. The summed E-state index contributed by atoms with van der Waals surface area (Å²) in [6.45, 7) is 4.25. The first-order valence-electron chi connectivity index (χ1n) is 7.79. The molecule has 2 aliphatic heterocycles. The van der Waals surface area contributed by atoms with Crippen molar-refractivity contribution in [2.24, 2.45) is 5.92 Å². The van der Waals surface area contributed by atoms with Crippen molar-refractivity contribution in [1.82, 2.24) is 15.2 Å². The summed E-state index contributed by atoms with van der Waals surface area (Å²) in [4.78, 5) is 6.87. The molecule has 4 rings (SSSR count). The van der Waals surface area contributed by atoms with Crippen molar-refractivity contribution in [2.45, 2.75) is 25.4 Å². The Bertz CT molecular complexity index is 644. The molecule has 0 aliphatic carbocycles. The summed E-state index contributed by atoms with van der Waals surface area (Å²) in [6, 6.07) is 7.70. The average molecular weight is 285 g/mol. The van der Waals surface area contributed by atoms with E-state index in [-0.39, 0.29) is 5.82 Å². The molecule has 1 aromatic carbocycles. The number of benzene rings is 1. The predicted octanol–water partition coefficient (Wildman–Crippen LogP) is 2.56. The van der Waals surface area contributed by atoms with Gasteiger partial charge in [0.25, 0.3) is 0 Å². The fraction of sp³-hybridized carbons (Fsp3) is 0.471. The maximum Gasteiger partial charge on any atom is 0.132 e. The van der Waals surface area contributed by atoms with Gasteiger partial charge in [0.15, 0.2) is 0 Å². The molecule has 0 amide bonds. The highest BCUT2D eigenvalue weighted by atomic mass is 19.1. The zero-order chi connectivity index (χ0) is 14.2. The van der Waals surface area contributed by atoms with Crippen LogP contribution >= 0.6 is 0 Å². The number of nitrogens with one attached hydrogen (secondary N) is 1. The van der Waals surface area contributed by atoms with Crippen LogP contribution in [-0.2, 0) is 6.54 Å². The SMILES string of the molecule is Fc1ccc(CN2CC3CCCNC3C2)c2ncccc12. The number of hydrogen-bond acceptors (Lipinski definition) is 3. The average Bonchev–Trinajstić information content (AvgIpc) is 2.93. The van der Waals surface area contributed by atoms with Crippen LogP contribution in [0.25, 0.3) is 10.9 Å². The van der Waals surface area contributed by atoms with Gasteiger partial charge in [-0.2, -0.15) is 0 Å². The van der Waals surface area contributed by atoms with Gasteiger partial charge in [-0.25, -0.2) is 4.39 Å².